The Kier molecular flexibility index (Phi) is 8.48. The number of benzene rings is 4. The molecule has 0 aliphatic carbocycles. The summed E-state index contributed by atoms with van der Waals surface area (Å²) >= 11 is 0. The van der Waals surface area contributed by atoms with Crippen molar-refractivity contribution in [2.45, 2.75) is 39.2 Å². The zero-order chi connectivity index (χ0) is 29.6. The SMILES string of the molecule is CCCCc1nc(O)c(Cc2ccc(-c3ccccc3C(=O)O)cc2)n1Cc1ccc(-c2ccccc2C(=O)O)cc1. The second-order valence-electron chi connectivity index (χ2n) is 10.3. The maximum atomic E-state index is 11.7. The fourth-order valence-corrected chi connectivity index (χ4v) is 5.22. The van der Waals surface area contributed by atoms with E-state index in [0.29, 0.717) is 29.8 Å². The molecule has 7 nitrogen and oxygen atoms in total. The summed E-state index contributed by atoms with van der Waals surface area (Å²) in [5.41, 5.74) is 6.12. The molecule has 7 heteroatoms. The average Bonchev–Trinajstić information content (AvgIpc) is 3.29. The van der Waals surface area contributed by atoms with Crippen LogP contribution >= 0.6 is 0 Å². The third-order valence-corrected chi connectivity index (χ3v) is 7.44. The predicted octanol–water partition coefficient (Wildman–Crippen LogP) is 7.30. The van der Waals surface area contributed by atoms with Crippen LogP contribution in [-0.4, -0.2) is 36.8 Å². The van der Waals surface area contributed by atoms with Gasteiger partial charge in [0.2, 0.25) is 5.88 Å². The van der Waals surface area contributed by atoms with E-state index in [1.165, 1.54) is 0 Å². The largest absolute Gasteiger partial charge is 0.492 e. The lowest BCUT2D eigenvalue weighted by Crippen LogP contribution is -2.10. The maximum absolute atomic E-state index is 11.7. The van der Waals surface area contributed by atoms with E-state index in [9.17, 15) is 24.9 Å². The Morgan fingerprint density at radius 2 is 1.21 bits per heavy atom. The third kappa shape index (κ3) is 6.10. The lowest BCUT2D eigenvalue weighted by molar-refractivity contribution is 0.0687. The molecular formula is C35H32N2O5. The molecule has 5 rings (SSSR count). The first-order chi connectivity index (χ1) is 20.4. The van der Waals surface area contributed by atoms with Crippen LogP contribution in [0.25, 0.3) is 22.3 Å². The van der Waals surface area contributed by atoms with Crippen molar-refractivity contribution in [2.24, 2.45) is 0 Å². The van der Waals surface area contributed by atoms with Gasteiger partial charge in [-0.3, -0.25) is 0 Å². The van der Waals surface area contributed by atoms with Crippen LogP contribution in [0.4, 0.5) is 0 Å². The van der Waals surface area contributed by atoms with Crippen LogP contribution in [0.5, 0.6) is 5.88 Å². The molecule has 0 aliphatic heterocycles. The van der Waals surface area contributed by atoms with Crippen LogP contribution in [-0.2, 0) is 19.4 Å². The van der Waals surface area contributed by atoms with Crippen molar-refractivity contribution in [1.29, 1.82) is 0 Å². The van der Waals surface area contributed by atoms with Crippen molar-refractivity contribution in [2.75, 3.05) is 0 Å². The zero-order valence-corrected chi connectivity index (χ0v) is 23.3. The molecule has 0 saturated heterocycles. The highest BCUT2D eigenvalue weighted by atomic mass is 16.4. The summed E-state index contributed by atoms with van der Waals surface area (Å²) < 4.78 is 2.07. The van der Waals surface area contributed by atoms with Gasteiger partial charge in [-0.15, -0.1) is 0 Å². The molecule has 0 aliphatic rings. The Balaban J connectivity index is 1.43. The fourth-order valence-electron chi connectivity index (χ4n) is 5.22. The number of hydrogen-bond donors (Lipinski definition) is 3. The lowest BCUT2D eigenvalue weighted by atomic mass is 9.98. The van der Waals surface area contributed by atoms with Crippen LogP contribution < -0.4 is 0 Å². The Bertz CT molecular complexity index is 1720. The molecule has 0 atom stereocenters. The van der Waals surface area contributed by atoms with Crippen LogP contribution in [0.1, 0.15) is 63.1 Å². The van der Waals surface area contributed by atoms with E-state index in [4.69, 9.17) is 0 Å². The smallest absolute Gasteiger partial charge is 0.336 e. The van der Waals surface area contributed by atoms with Crippen LogP contribution in [0.3, 0.4) is 0 Å². The first-order valence-corrected chi connectivity index (χ1v) is 14.0. The number of imidazole rings is 1. The highest BCUT2D eigenvalue weighted by Crippen LogP contribution is 2.29. The van der Waals surface area contributed by atoms with Gasteiger partial charge in [0.15, 0.2) is 0 Å². The van der Waals surface area contributed by atoms with Gasteiger partial charge in [-0.05, 0) is 51.9 Å². The first kappa shape index (κ1) is 28.4. The number of carboxylic acids is 2. The summed E-state index contributed by atoms with van der Waals surface area (Å²) in [4.78, 5) is 27.9. The molecular weight excluding hydrogens is 528 g/mol. The zero-order valence-electron chi connectivity index (χ0n) is 23.3. The summed E-state index contributed by atoms with van der Waals surface area (Å²) in [7, 11) is 0. The number of aromatic carboxylic acids is 2. The molecule has 0 saturated carbocycles. The number of unbranched alkanes of at least 4 members (excludes halogenated alkanes) is 1. The van der Waals surface area contributed by atoms with Gasteiger partial charge in [0.25, 0.3) is 0 Å². The second kappa shape index (κ2) is 12.6. The van der Waals surface area contributed by atoms with Gasteiger partial charge in [0.1, 0.15) is 5.82 Å². The van der Waals surface area contributed by atoms with Gasteiger partial charge < -0.3 is 19.9 Å². The van der Waals surface area contributed by atoms with E-state index >= 15 is 0 Å². The molecule has 0 radical (unpaired) electrons. The van der Waals surface area contributed by atoms with Crippen molar-refractivity contribution >= 4 is 11.9 Å². The van der Waals surface area contributed by atoms with Gasteiger partial charge in [-0.25, -0.2) is 9.59 Å². The normalized spacial score (nSPS) is 11.0. The van der Waals surface area contributed by atoms with E-state index in [-0.39, 0.29) is 17.0 Å². The van der Waals surface area contributed by atoms with Crippen LogP contribution in [0, 0.1) is 0 Å². The number of rotatable bonds is 11. The van der Waals surface area contributed by atoms with E-state index in [0.717, 1.165) is 47.3 Å². The quantitative estimate of drug-likeness (QED) is 0.156. The van der Waals surface area contributed by atoms with E-state index in [2.05, 4.69) is 16.5 Å². The van der Waals surface area contributed by atoms with Gasteiger partial charge >= 0.3 is 11.9 Å². The molecule has 1 heterocycles. The summed E-state index contributed by atoms with van der Waals surface area (Å²) in [6.07, 6.45) is 3.13. The van der Waals surface area contributed by atoms with Gasteiger partial charge in [0.05, 0.1) is 16.8 Å². The van der Waals surface area contributed by atoms with Crippen molar-refractivity contribution < 1.29 is 24.9 Å². The fraction of sp³-hybridized carbons (Fsp3) is 0.171. The summed E-state index contributed by atoms with van der Waals surface area (Å²) in [6, 6.07) is 29.4. The number of nitrogens with zero attached hydrogens (tertiary/aromatic N) is 2. The molecule has 0 spiro atoms. The number of aromatic nitrogens is 2. The van der Waals surface area contributed by atoms with Gasteiger partial charge in [-0.1, -0.05) is 98.3 Å². The van der Waals surface area contributed by atoms with Gasteiger partial charge in [0, 0.05) is 19.4 Å². The number of carboxylic acid groups (broad SMARTS) is 2. The standard InChI is InChI=1S/C35H32N2O5/c1-2-3-12-32-36-33(38)31(21-23-13-17-25(18-14-23)27-8-4-6-10-29(27)34(39)40)37(32)22-24-15-19-26(20-16-24)28-9-5-7-11-30(28)35(41)42/h4-11,13-20,38H,2-3,12,21-22H2,1H3,(H,39,40)(H,41,42). The molecule has 212 valence electrons. The van der Waals surface area contributed by atoms with Crippen molar-refractivity contribution in [3.8, 4) is 28.1 Å². The molecule has 0 fully saturated rings. The molecule has 42 heavy (non-hydrogen) atoms. The highest BCUT2D eigenvalue weighted by Gasteiger charge is 2.18. The van der Waals surface area contributed by atoms with E-state index in [1.54, 1.807) is 36.4 Å². The minimum absolute atomic E-state index is 0.00779. The van der Waals surface area contributed by atoms with Gasteiger partial charge in [-0.2, -0.15) is 4.98 Å². The Morgan fingerprint density at radius 3 is 1.71 bits per heavy atom. The summed E-state index contributed by atoms with van der Waals surface area (Å²) in [5.74, 6) is -1.11. The molecule has 5 aromatic rings. The number of aryl methyl sites for hydroxylation is 1. The molecule has 0 bridgehead atoms. The Morgan fingerprint density at radius 1 is 0.714 bits per heavy atom. The minimum Gasteiger partial charge on any atom is -0.492 e. The monoisotopic (exact) mass is 560 g/mol. The van der Waals surface area contributed by atoms with Crippen molar-refractivity contribution in [3.05, 3.63) is 131 Å². The predicted molar refractivity (Wildman–Crippen MR) is 162 cm³/mol. The molecule has 3 N–H and O–H groups in total. The molecule has 0 amide bonds. The first-order valence-electron chi connectivity index (χ1n) is 14.0. The Labute approximate surface area is 244 Å². The number of hydrogen-bond acceptors (Lipinski definition) is 4. The van der Waals surface area contributed by atoms with Crippen LogP contribution in [0.15, 0.2) is 97.1 Å². The van der Waals surface area contributed by atoms with E-state index < -0.39 is 11.9 Å². The topological polar surface area (TPSA) is 113 Å². The number of aromatic hydroxyl groups is 1. The van der Waals surface area contributed by atoms with Crippen molar-refractivity contribution in [3.63, 3.8) is 0 Å². The van der Waals surface area contributed by atoms with E-state index in [1.807, 2.05) is 60.7 Å². The Hall–Kier alpha value is -5.17. The highest BCUT2D eigenvalue weighted by molar-refractivity contribution is 5.96. The lowest BCUT2D eigenvalue weighted by Gasteiger charge is -2.14. The third-order valence-electron chi connectivity index (χ3n) is 7.44. The van der Waals surface area contributed by atoms with Crippen molar-refractivity contribution in [1.82, 2.24) is 9.55 Å². The number of carbonyl (C=O) groups is 2. The van der Waals surface area contributed by atoms with Crippen LogP contribution in [0.2, 0.25) is 0 Å². The average molecular weight is 561 g/mol. The molecule has 1 aromatic heterocycles. The summed E-state index contributed by atoms with van der Waals surface area (Å²) in [6.45, 7) is 2.62. The molecule has 4 aromatic carbocycles. The summed E-state index contributed by atoms with van der Waals surface area (Å²) in [5, 5.41) is 30.1. The second-order valence-corrected chi connectivity index (χ2v) is 10.3. The molecule has 0 unspecified atom stereocenters. The maximum Gasteiger partial charge on any atom is 0.336 e. The minimum atomic E-state index is -0.970.